The van der Waals surface area contributed by atoms with Gasteiger partial charge < -0.3 is 4.74 Å². The number of benzene rings is 1. The Morgan fingerprint density at radius 1 is 1.50 bits per heavy atom. The third-order valence-electron chi connectivity index (χ3n) is 2.06. The van der Waals surface area contributed by atoms with Gasteiger partial charge in [0, 0.05) is 4.47 Å². The van der Waals surface area contributed by atoms with Crippen LogP contribution in [0.4, 0.5) is 0 Å². The van der Waals surface area contributed by atoms with Crippen molar-refractivity contribution in [1.82, 2.24) is 0 Å². The Morgan fingerprint density at radius 3 is 2.50 bits per heavy atom. The summed E-state index contributed by atoms with van der Waals surface area (Å²) in [5.41, 5.74) is 2.24. The molecule has 76 valence electrons. The summed E-state index contributed by atoms with van der Waals surface area (Å²) >= 11 is 8.87. The van der Waals surface area contributed by atoms with Crippen molar-refractivity contribution in [2.75, 3.05) is 7.11 Å². The lowest BCUT2D eigenvalue weighted by Gasteiger charge is -2.11. The van der Waals surface area contributed by atoms with Crippen molar-refractivity contribution < 1.29 is 9.53 Å². The molecule has 0 aliphatic carbocycles. The second-order valence-corrected chi connectivity index (χ2v) is 4.12. The summed E-state index contributed by atoms with van der Waals surface area (Å²) in [5.74, 6) is 0.517. The molecule has 0 aromatic heterocycles. The Hall–Kier alpha value is -0.540. The molecule has 0 fully saturated rings. The molecule has 1 rings (SSSR count). The smallest absolute Gasteiger partial charge is 0.256 e. The van der Waals surface area contributed by atoms with Gasteiger partial charge in [-0.25, -0.2) is 0 Å². The molecule has 0 unspecified atom stereocenters. The molecule has 14 heavy (non-hydrogen) atoms. The van der Waals surface area contributed by atoms with Crippen LogP contribution < -0.4 is 4.74 Å². The molecule has 0 atom stereocenters. The summed E-state index contributed by atoms with van der Waals surface area (Å²) in [6, 6.07) is 1.78. The van der Waals surface area contributed by atoms with E-state index in [1.165, 1.54) is 7.11 Å². The lowest BCUT2D eigenvalue weighted by Crippen LogP contribution is -2.01. The fourth-order valence-electron chi connectivity index (χ4n) is 1.33. The summed E-state index contributed by atoms with van der Waals surface area (Å²) in [7, 11) is 1.52. The van der Waals surface area contributed by atoms with E-state index in [-0.39, 0.29) is 0 Å². The lowest BCUT2D eigenvalue weighted by atomic mass is 10.1. The zero-order valence-electron chi connectivity index (χ0n) is 8.15. The van der Waals surface area contributed by atoms with E-state index in [1.807, 2.05) is 13.8 Å². The van der Waals surface area contributed by atoms with Crippen molar-refractivity contribution in [2.45, 2.75) is 13.8 Å². The maximum Gasteiger partial charge on any atom is 0.256 e. The van der Waals surface area contributed by atoms with Crippen LogP contribution >= 0.6 is 27.5 Å². The number of aryl methyl sites for hydroxylation is 1. The molecule has 0 heterocycles. The molecule has 0 radical (unpaired) electrons. The molecule has 0 spiro atoms. The highest BCUT2D eigenvalue weighted by atomic mass is 79.9. The quantitative estimate of drug-likeness (QED) is 0.774. The van der Waals surface area contributed by atoms with Gasteiger partial charge in [-0.2, -0.15) is 0 Å². The number of hydrogen-bond acceptors (Lipinski definition) is 2. The SMILES string of the molecule is COc1cc(C)c(Br)c(C)c1C(=O)Cl. The van der Waals surface area contributed by atoms with E-state index in [2.05, 4.69) is 15.9 Å². The van der Waals surface area contributed by atoms with Crippen molar-refractivity contribution >= 4 is 32.8 Å². The second kappa shape index (κ2) is 4.32. The van der Waals surface area contributed by atoms with E-state index in [1.54, 1.807) is 6.07 Å². The molecule has 4 heteroatoms. The number of halogens is 2. The third kappa shape index (κ3) is 1.93. The van der Waals surface area contributed by atoms with Crippen LogP contribution in [-0.2, 0) is 0 Å². The molecule has 0 aliphatic heterocycles. The van der Waals surface area contributed by atoms with Gasteiger partial charge in [-0.05, 0) is 42.6 Å². The molecule has 0 bridgehead atoms. The van der Waals surface area contributed by atoms with Crippen molar-refractivity contribution in [3.8, 4) is 5.75 Å². The van der Waals surface area contributed by atoms with E-state index in [0.717, 1.165) is 15.6 Å². The van der Waals surface area contributed by atoms with Gasteiger partial charge in [0.05, 0.1) is 12.7 Å². The fraction of sp³-hybridized carbons (Fsp3) is 0.300. The molecule has 0 aliphatic rings. The Kier molecular flexibility index (Phi) is 3.56. The minimum atomic E-state index is -0.500. The molecule has 2 nitrogen and oxygen atoms in total. The van der Waals surface area contributed by atoms with E-state index >= 15 is 0 Å². The summed E-state index contributed by atoms with van der Waals surface area (Å²) in [6.45, 7) is 3.76. The van der Waals surface area contributed by atoms with Crippen LogP contribution in [0.25, 0.3) is 0 Å². The van der Waals surface area contributed by atoms with Crippen LogP contribution in [0.2, 0.25) is 0 Å². The molecule has 0 saturated heterocycles. The molecule has 1 aromatic rings. The van der Waals surface area contributed by atoms with Crippen molar-refractivity contribution in [3.05, 3.63) is 27.2 Å². The minimum absolute atomic E-state index is 0.423. The van der Waals surface area contributed by atoms with Crippen LogP contribution in [0.1, 0.15) is 21.5 Å². The largest absolute Gasteiger partial charge is 0.496 e. The molecule has 1 aromatic carbocycles. The maximum absolute atomic E-state index is 11.2. The van der Waals surface area contributed by atoms with Gasteiger partial charge in [-0.3, -0.25) is 4.79 Å². The number of methoxy groups -OCH3 is 1. The monoisotopic (exact) mass is 276 g/mol. The first-order valence-electron chi connectivity index (χ1n) is 4.02. The fourth-order valence-corrected chi connectivity index (χ4v) is 1.88. The average molecular weight is 278 g/mol. The van der Waals surface area contributed by atoms with Crippen LogP contribution in [0, 0.1) is 13.8 Å². The number of ether oxygens (including phenoxy) is 1. The van der Waals surface area contributed by atoms with E-state index < -0.39 is 5.24 Å². The van der Waals surface area contributed by atoms with Gasteiger partial charge in [0.2, 0.25) is 0 Å². The number of carbonyl (C=O) groups is 1. The van der Waals surface area contributed by atoms with Gasteiger partial charge >= 0.3 is 0 Å². The molecular weight excluding hydrogens is 267 g/mol. The van der Waals surface area contributed by atoms with Gasteiger partial charge in [0.15, 0.2) is 0 Å². The normalized spacial score (nSPS) is 10.1. The average Bonchev–Trinajstić information content (AvgIpc) is 2.12. The van der Waals surface area contributed by atoms with E-state index in [4.69, 9.17) is 16.3 Å². The standard InChI is InChI=1S/C10H10BrClO2/c1-5-4-7(14-3)8(10(12)13)6(2)9(5)11/h4H,1-3H3. The molecule has 0 N–H and O–H groups in total. The topological polar surface area (TPSA) is 26.3 Å². The summed E-state index contributed by atoms with van der Waals surface area (Å²) in [5, 5.41) is -0.500. The zero-order chi connectivity index (χ0) is 10.9. The van der Waals surface area contributed by atoms with Crippen molar-refractivity contribution in [3.63, 3.8) is 0 Å². The van der Waals surface area contributed by atoms with Crippen LogP contribution in [-0.4, -0.2) is 12.4 Å². The van der Waals surface area contributed by atoms with Crippen molar-refractivity contribution in [1.29, 1.82) is 0 Å². The summed E-state index contributed by atoms with van der Waals surface area (Å²) < 4.78 is 5.99. The Bertz CT molecular complexity index is 388. The predicted octanol–water partition coefficient (Wildman–Crippen LogP) is 3.45. The van der Waals surface area contributed by atoms with Crippen LogP contribution in [0.15, 0.2) is 10.5 Å². The minimum Gasteiger partial charge on any atom is -0.496 e. The van der Waals surface area contributed by atoms with Gasteiger partial charge in [0.1, 0.15) is 5.75 Å². The predicted molar refractivity (Wildman–Crippen MR) is 60.4 cm³/mol. The maximum atomic E-state index is 11.2. The summed E-state index contributed by atoms with van der Waals surface area (Å²) in [6.07, 6.45) is 0. The summed E-state index contributed by atoms with van der Waals surface area (Å²) in [4.78, 5) is 11.2. The first-order chi connectivity index (χ1) is 6.49. The van der Waals surface area contributed by atoms with E-state index in [9.17, 15) is 4.79 Å². The van der Waals surface area contributed by atoms with Crippen LogP contribution in [0.5, 0.6) is 5.75 Å². The first kappa shape index (κ1) is 11.5. The Morgan fingerprint density at radius 2 is 2.07 bits per heavy atom. The molecular formula is C10H10BrClO2. The first-order valence-corrected chi connectivity index (χ1v) is 5.19. The van der Waals surface area contributed by atoms with E-state index in [0.29, 0.717) is 11.3 Å². The Labute approximate surface area is 96.3 Å². The number of carbonyl (C=O) groups excluding carboxylic acids is 1. The Balaban J connectivity index is 3.53. The number of hydrogen-bond donors (Lipinski definition) is 0. The third-order valence-corrected chi connectivity index (χ3v) is 3.47. The van der Waals surface area contributed by atoms with Gasteiger partial charge in [0.25, 0.3) is 5.24 Å². The highest BCUT2D eigenvalue weighted by molar-refractivity contribution is 9.10. The van der Waals surface area contributed by atoms with Crippen molar-refractivity contribution in [2.24, 2.45) is 0 Å². The zero-order valence-corrected chi connectivity index (χ0v) is 10.5. The van der Waals surface area contributed by atoms with Gasteiger partial charge in [-0.1, -0.05) is 15.9 Å². The molecule has 0 saturated carbocycles. The van der Waals surface area contributed by atoms with Crippen LogP contribution in [0.3, 0.4) is 0 Å². The molecule has 0 amide bonds. The highest BCUT2D eigenvalue weighted by Crippen LogP contribution is 2.32. The lowest BCUT2D eigenvalue weighted by molar-refractivity contribution is 0.107. The number of rotatable bonds is 2. The highest BCUT2D eigenvalue weighted by Gasteiger charge is 2.16. The second-order valence-electron chi connectivity index (χ2n) is 2.98. The van der Waals surface area contributed by atoms with Gasteiger partial charge in [-0.15, -0.1) is 0 Å².